The zero-order chi connectivity index (χ0) is 19.9. The molecule has 0 bridgehead atoms. The molecule has 3 N–H and O–H groups in total. The van der Waals surface area contributed by atoms with Crippen LogP contribution in [0.25, 0.3) is 0 Å². The third-order valence-corrected chi connectivity index (χ3v) is 3.97. The molecule has 1 atom stereocenters. The molecule has 1 aromatic heterocycles. The average molecular weight is 374 g/mol. The van der Waals surface area contributed by atoms with Gasteiger partial charge in [-0.15, -0.1) is 0 Å². The molecule has 0 saturated heterocycles. The summed E-state index contributed by atoms with van der Waals surface area (Å²) in [7, 11) is 1.62. The summed E-state index contributed by atoms with van der Waals surface area (Å²) in [5.74, 6) is 2.75. The predicted molar refractivity (Wildman–Crippen MR) is 106 cm³/mol. The number of rotatable bonds is 7. The van der Waals surface area contributed by atoms with E-state index in [2.05, 4.69) is 41.4 Å². The molecule has 0 aliphatic rings. The van der Waals surface area contributed by atoms with Crippen LogP contribution in [0, 0.1) is 0 Å². The van der Waals surface area contributed by atoms with Gasteiger partial charge < -0.3 is 24.9 Å². The number of aromatic nitrogens is 1. The number of methoxy groups -OCH3 is 1. The Balaban J connectivity index is 1.95. The number of aliphatic imine (C=N–C) groups is 1. The fraction of sp³-hybridized carbons (Fsp3) is 0.500. The molecular weight excluding hydrogens is 344 g/mol. The number of aliphatic hydroxyl groups excluding tert-OH is 1. The molecule has 0 radical (unpaired) electrons. The van der Waals surface area contributed by atoms with E-state index in [1.54, 1.807) is 13.3 Å². The maximum absolute atomic E-state index is 10.4. The Hall–Kier alpha value is -2.54. The monoisotopic (exact) mass is 374 g/mol. The summed E-state index contributed by atoms with van der Waals surface area (Å²) in [5.41, 5.74) is 0.724. The summed E-state index contributed by atoms with van der Waals surface area (Å²) in [4.78, 5) is 8.76. The zero-order valence-corrected chi connectivity index (χ0v) is 16.7. The number of nitrogens with one attached hydrogen (secondary N) is 2. The molecule has 1 aromatic carbocycles. The summed E-state index contributed by atoms with van der Waals surface area (Å²) in [6, 6.07) is 7.34. The normalized spacial score (nSPS) is 13.3. The van der Waals surface area contributed by atoms with Gasteiger partial charge in [0.25, 0.3) is 0 Å². The van der Waals surface area contributed by atoms with Crippen LogP contribution in [-0.4, -0.2) is 36.2 Å². The minimum absolute atomic E-state index is 0.0831. The maximum atomic E-state index is 10.4. The fourth-order valence-electron chi connectivity index (χ4n) is 2.36. The number of nitrogens with zero attached hydrogens (tertiary/aromatic N) is 2. The van der Waals surface area contributed by atoms with E-state index in [9.17, 15) is 5.11 Å². The van der Waals surface area contributed by atoms with Crippen molar-refractivity contribution in [2.45, 2.75) is 45.8 Å². The van der Waals surface area contributed by atoms with E-state index in [-0.39, 0.29) is 5.41 Å². The van der Waals surface area contributed by atoms with Crippen LogP contribution in [0.15, 0.2) is 39.9 Å². The number of guanidine groups is 1. The number of oxazole rings is 1. The number of hydrogen-bond acceptors (Lipinski definition) is 5. The first-order valence-corrected chi connectivity index (χ1v) is 9.13. The van der Waals surface area contributed by atoms with Crippen molar-refractivity contribution in [2.24, 2.45) is 4.99 Å². The molecule has 2 aromatic rings. The number of benzene rings is 1. The Morgan fingerprint density at radius 3 is 2.52 bits per heavy atom. The van der Waals surface area contributed by atoms with Gasteiger partial charge in [-0.25, -0.2) is 9.98 Å². The minimum Gasteiger partial charge on any atom is -0.497 e. The summed E-state index contributed by atoms with van der Waals surface area (Å²) < 4.78 is 10.9. The highest BCUT2D eigenvalue weighted by atomic mass is 16.5. The van der Waals surface area contributed by atoms with Gasteiger partial charge in [0.2, 0.25) is 5.89 Å². The molecule has 2 rings (SSSR count). The van der Waals surface area contributed by atoms with E-state index in [1.165, 1.54) is 0 Å². The smallest absolute Gasteiger partial charge is 0.216 e. The SMILES string of the molecule is CCNC(=NCc1ncc(C(C)(C)C)o1)NCC(O)c1ccc(OC)cc1. The van der Waals surface area contributed by atoms with Crippen LogP contribution >= 0.6 is 0 Å². The lowest BCUT2D eigenvalue weighted by Gasteiger charge is -2.15. The Bertz CT molecular complexity index is 732. The van der Waals surface area contributed by atoms with Crippen molar-refractivity contribution in [3.05, 3.63) is 47.7 Å². The van der Waals surface area contributed by atoms with Gasteiger partial charge in [0, 0.05) is 18.5 Å². The lowest BCUT2D eigenvalue weighted by molar-refractivity contribution is 0.180. The van der Waals surface area contributed by atoms with Crippen molar-refractivity contribution in [1.29, 1.82) is 0 Å². The quantitative estimate of drug-likeness (QED) is 0.510. The third kappa shape index (κ3) is 6.29. The Morgan fingerprint density at radius 1 is 1.26 bits per heavy atom. The van der Waals surface area contributed by atoms with Gasteiger partial charge in [0.1, 0.15) is 18.1 Å². The lowest BCUT2D eigenvalue weighted by atomic mass is 9.94. The van der Waals surface area contributed by atoms with Gasteiger partial charge in [-0.2, -0.15) is 0 Å². The first-order chi connectivity index (χ1) is 12.8. The molecule has 0 aliphatic heterocycles. The van der Waals surface area contributed by atoms with Crippen LogP contribution in [0.2, 0.25) is 0 Å². The standard InChI is InChI=1S/C20H30N4O3/c1-6-21-19(24-13-18-22-12-17(27-18)20(2,3)4)23-11-16(25)14-7-9-15(26-5)10-8-14/h7-10,12,16,25H,6,11,13H2,1-5H3,(H2,21,23,24). The average Bonchev–Trinajstić information content (AvgIpc) is 3.13. The zero-order valence-electron chi connectivity index (χ0n) is 16.7. The van der Waals surface area contributed by atoms with Gasteiger partial charge in [0.05, 0.1) is 19.4 Å². The second kappa shape index (κ2) is 9.41. The minimum atomic E-state index is -0.658. The second-order valence-electron chi connectivity index (χ2n) is 7.23. The highest BCUT2D eigenvalue weighted by Crippen LogP contribution is 2.22. The van der Waals surface area contributed by atoms with Crippen molar-refractivity contribution in [3.8, 4) is 5.75 Å². The van der Waals surface area contributed by atoms with Gasteiger partial charge in [0.15, 0.2) is 5.96 Å². The Kier molecular flexibility index (Phi) is 7.24. The predicted octanol–water partition coefficient (Wildman–Crippen LogP) is 2.77. The molecular formula is C20H30N4O3. The van der Waals surface area contributed by atoms with Crippen molar-refractivity contribution in [3.63, 3.8) is 0 Å². The van der Waals surface area contributed by atoms with Crippen molar-refractivity contribution in [2.75, 3.05) is 20.2 Å². The highest BCUT2D eigenvalue weighted by Gasteiger charge is 2.19. The van der Waals surface area contributed by atoms with Gasteiger partial charge in [-0.05, 0) is 24.6 Å². The summed E-state index contributed by atoms with van der Waals surface area (Å²) in [6.45, 7) is 9.58. The van der Waals surface area contributed by atoms with E-state index < -0.39 is 6.10 Å². The number of ether oxygens (including phenoxy) is 1. The molecule has 0 fully saturated rings. The molecule has 27 heavy (non-hydrogen) atoms. The van der Waals surface area contributed by atoms with E-state index >= 15 is 0 Å². The molecule has 1 heterocycles. The molecule has 7 heteroatoms. The van der Waals surface area contributed by atoms with Crippen molar-refractivity contribution < 1.29 is 14.3 Å². The molecule has 148 valence electrons. The molecule has 7 nitrogen and oxygen atoms in total. The van der Waals surface area contributed by atoms with Crippen LogP contribution < -0.4 is 15.4 Å². The number of hydrogen-bond donors (Lipinski definition) is 3. The summed E-state index contributed by atoms with van der Waals surface area (Å²) in [5, 5.41) is 16.7. The van der Waals surface area contributed by atoms with E-state index in [1.807, 2.05) is 31.2 Å². The third-order valence-electron chi connectivity index (χ3n) is 3.97. The van der Waals surface area contributed by atoms with Crippen LogP contribution in [0.4, 0.5) is 0 Å². The van der Waals surface area contributed by atoms with Crippen molar-refractivity contribution in [1.82, 2.24) is 15.6 Å². The summed E-state index contributed by atoms with van der Waals surface area (Å²) >= 11 is 0. The number of aliphatic hydroxyl groups is 1. The molecule has 1 unspecified atom stereocenters. The molecule has 0 saturated carbocycles. The first-order valence-electron chi connectivity index (χ1n) is 9.13. The van der Waals surface area contributed by atoms with E-state index in [0.717, 1.165) is 17.1 Å². The largest absolute Gasteiger partial charge is 0.497 e. The van der Waals surface area contributed by atoms with Gasteiger partial charge >= 0.3 is 0 Å². The maximum Gasteiger partial charge on any atom is 0.216 e. The highest BCUT2D eigenvalue weighted by molar-refractivity contribution is 5.79. The van der Waals surface area contributed by atoms with Gasteiger partial charge in [-0.1, -0.05) is 32.9 Å². The van der Waals surface area contributed by atoms with Crippen LogP contribution in [0.1, 0.15) is 51.0 Å². The van der Waals surface area contributed by atoms with E-state index in [0.29, 0.717) is 31.5 Å². The Labute approximate surface area is 160 Å². The lowest BCUT2D eigenvalue weighted by Crippen LogP contribution is -2.39. The van der Waals surface area contributed by atoms with Crippen LogP contribution in [-0.2, 0) is 12.0 Å². The van der Waals surface area contributed by atoms with Crippen LogP contribution in [0.5, 0.6) is 5.75 Å². The summed E-state index contributed by atoms with van der Waals surface area (Å²) in [6.07, 6.45) is 1.09. The first kappa shape index (κ1) is 20.8. The van der Waals surface area contributed by atoms with E-state index in [4.69, 9.17) is 9.15 Å². The fourth-order valence-corrected chi connectivity index (χ4v) is 2.36. The molecule has 0 aliphatic carbocycles. The molecule has 0 amide bonds. The van der Waals surface area contributed by atoms with Crippen LogP contribution in [0.3, 0.4) is 0 Å². The Morgan fingerprint density at radius 2 is 1.96 bits per heavy atom. The second-order valence-corrected chi connectivity index (χ2v) is 7.23. The topological polar surface area (TPSA) is 91.9 Å². The van der Waals surface area contributed by atoms with Crippen molar-refractivity contribution >= 4 is 5.96 Å². The molecule has 0 spiro atoms. The van der Waals surface area contributed by atoms with Gasteiger partial charge in [-0.3, -0.25) is 0 Å².